The number of benzene rings is 1. The Morgan fingerprint density at radius 1 is 1.39 bits per heavy atom. The minimum absolute atomic E-state index is 0.0743. The molecule has 1 heterocycles. The van der Waals surface area contributed by atoms with E-state index in [1.807, 2.05) is 24.3 Å². The molecule has 0 aliphatic carbocycles. The zero-order chi connectivity index (χ0) is 16.7. The Bertz CT molecular complexity index is 708. The molecule has 0 fully saturated rings. The molecule has 0 radical (unpaired) electrons. The second-order valence-corrected chi connectivity index (χ2v) is 5.58. The van der Waals surface area contributed by atoms with E-state index in [0.717, 1.165) is 30.0 Å². The van der Waals surface area contributed by atoms with Gasteiger partial charge in [-0.1, -0.05) is 25.1 Å². The maximum atomic E-state index is 12.1. The molecular weight excluding hydrogens is 312 g/mol. The van der Waals surface area contributed by atoms with Crippen LogP contribution in [0.3, 0.4) is 0 Å². The van der Waals surface area contributed by atoms with Gasteiger partial charge in [0.2, 0.25) is 5.91 Å². The van der Waals surface area contributed by atoms with E-state index in [0.29, 0.717) is 17.7 Å². The maximum absolute atomic E-state index is 12.1. The highest BCUT2D eigenvalue weighted by Gasteiger charge is 2.10. The molecule has 2 N–H and O–H groups in total. The smallest absolute Gasteiger partial charge is 0.240 e. The first-order valence-electron chi connectivity index (χ1n) is 7.68. The summed E-state index contributed by atoms with van der Waals surface area (Å²) in [6.07, 6.45) is 2.46. The van der Waals surface area contributed by atoms with Crippen molar-refractivity contribution < 1.29 is 9.53 Å². The van der Waals surface area contributed by atoms with Crippen LogP contribution in [0.15, 0.2) is 24.3 Å². The van der Waals surface area contributed by atoms with Crippen molar-refractivity contribution in [2.24, 2.45) is 0 Å². The third-order valence-corrected chi connectivity index (χ3v) is 3.83. The average molecular weight is 334 g/mol. The fraction of sp³-hybridized carbons (Fsp3) is 0.438. The number of ether oxygens (including phenoxy) is 1. The summed E-state index contributed by atoms with van der Waals surface area (Å²) in [5.74, 6) is 1.58. The van der Waals surface area contributed by atoms with Crippen molar-refractivity contribution in [3.8, 4) is 5.75 Å². The number of aryl methyl sites for hydroxylation is 1. The van der Waals surface area contributed by atoms with Gasteiger partial charge in [-0.05, 0) is 36.7 Å². The van der Waals surface area contributed by atoms with Crippen LogP contribution in [0.4, 0.5) is 0 Å². The van der Waals surface area contributed by atoms with Gasteiger partial charge < -0.3 is 10.1 Å². The van der Waals surface area contributed by atoms with Crippen LogP contribution in [0.2, 0.25) is 0 Å². The van der Waals surface area contributed by atoms with Gasteiger partial charge in [-0.15, -0.1) is 0 Å². The van der Waals surface area contributed by atoms with Crippen molar-refractivity contribution in [2.45, 2.75) is 32.7 Å². The molecule has 0 aliphatic heterocycles. The summed E-state index contributed by atoms with van der Waals surface area (Å²) in [5.41, 5.74) is 1.07. The number of nitrogens with zero attached hydrogens (tertiary/aromatic N) is 2. The molecule has 0 saturated heterocycles. The molecular formula is C16H22N4O2S. The first-order valence-corrected chi connectivity index (χ1v) is 8.09. The van der Waals surface area contributed by atoms with Gasteiger partial charge in [-0.3, -0.25) is 14.5 Å². The Kier molecular flexibility index (Phi) is 6.34. The second kappa shape index (κ2) is 8.47. The standard InChI is InChI=1S/C16H22N4O2S/c1-3-6-14-18-19-16(23)20(14)11-15(21)17-10-9-12-7-4-5-8-13(12)22-2/h4-5,7-8H,3,6,9-11H2,1-2H3,(H,17,21)(H,19,23). The number of H-pyrrole nitrogens is 1. The van der Waals surface area contributed by atoms with Crippen LogP contribution >= 0.6 is 12.2 Å². The summed E-state index contributed by atoms with van der Waals surface area (Å²) < 4.78 is 7.53. The minimum atomic E-state index is -0.0743. The van der Waals surface area contributed by atoms with Gasteiger partial charge in [0.1, 0.15) is 18.1 Å². The fourth-order valence-electron chi connectivity index (χ4n) is 2.37. The molecule has 0 bridgehead atoms. The van der Waals surface area contributed by atoms with Crippen molar-refractivity contribution in [1.29, 1.82) is 0 Å². The van der Waals surface area contributed by atoms with Gasteiger partial charge in [0, 0.05) is 13.0 Å². The van der Waals surface area contributed by atoms with Crippen LogP contribution in [0.25, 0.3) is 0 Å². The largest absolute Gasteiger partial charge is 0.496 e. The van der Waals surface area contributed by atoms with E-state index in [-0.39, 0.29) is 12.5 Å². The summed E-state index contributed by atoms with van der Waals surface area (Å²) in [4.78, 5) is 12.1. The van der Waals surface area contributed by atoms with Crippen molar-refractivity contribution in [3.63, 3.8) is 0 Å². The van der Waals surface area contributed by atoms with Crippen LogP contribution in [-0.4, -0.2) is 34.3 Å². The number of hydrogen-bond acceptors (Lipinski definition) is 4. The summed E-state index contributed by atoms with van der Waals surface area (Å²) in [6, 6.07) is 7.80. The van der Waals surface area contributed by atoms with Gasteiger partial charge >= 0.3 is 0 Å². The molecule has 1 amide bonds. The lowest BCUT2D eigenvalue weighted by atomic mass is 10.1. The quantitative estimate of drug-likeness (QED) is 0.727. The molecule has 1 aromatic heterocycles. The average Bonchev–Trinajstić information content (AvgIpc) is 2.89. The molecule has 7 heteroatoms. The number of aromatic nitrogens is 3. The molecule has 2 rings (SSSR count). The van der Waals surface area contributed by atoms with E-state index in [4.69, 9.17) is 17.0 Å². The van der Waals surface area contributed by atoms with Crippen LogP contribution in [-0.2, 0) is 24.2 Å². The third-order valence-electron chi connectivity index (χ3n) is 3.52. The van der Waals surface area contributed by atoms with Gasteiger partial charge in [0.15, 0.2) is 4.77 Å². The lowest BCUT2D eigenvalue weighted by molar-refractivity contribution is -0.121. The topological polar surface area (TPSA) is 71.9 Å². The normalized spacial score (nSPS) is 10.5. The second-order valence-electron chi connectivity index (χ2n) is 5.19. The van der Waals surface area contributed by atoms with E-state index >= 15 is 0 Å². The zero-order valence-electron chi connectivity index (χ0n) is 13.5. The van der Waals surface area contributed by atoms with Crippen LogP contribution in [0.1, 0.15) is 24.7 Å². The highest BCUT2D eigenvalue weighted by molar-refractivity contribution is 7.71. The molecule has 0 saturated carbocycles. The number of carbonyl (C=O) groups excluding carboxylic acids is 1. The predicted octanol–water partition coefficient (Wildman–Crippen LogP) is 2.26. The molecule has 2 aromatic rings. The van der Waals surface area contributed by atoms with E-state index in [2.05, 4.69) is 22.4 Å². The number of aromatic amines is 1. The minimum Gasteiger partial charge on any atom is -0.496 e. The van der Waals surface area contributed by atoms with Crippen molar-refractivity contribution in [3.05, 3.63) is 40.4 Å². The number of carbonyl (C=O) groups is 1. The number of para-hydroxylation sites is 1. The molecule has 6 nitrogen and oxygen atoms in total. The first kappa shape index (κ1) is 17.2. The van der Waals surface area contributed by atoms with Gasteiger partial charge in [0.05, 0.1) is 7.11 Å². The summed E-state index contributed by atoms with van der Waals surface area (Å²) in [6.45, 7) is 2.81. The van der Waals surface area contributed by atoms with Gasteiger partial charge in [-0.25, -0.2) is 0 Å². The fourth-order valence-corrected chi connectivity index (χ4v) is 2.59. The number of rotatable bonds is 8. The zero-order valence-corrected chi connectivity index (χ0v) is 14.3. The predicted molar refractivity (Wildman–Crippen MR) is 91.1 cm³/mol. The molecule has 0 atom stereocenters. The summed E-state index contributed by atoms with van der Waals surface area (Å²) in [5, 5.41) is 9.82. The first-order chi connectivity index (χ1) is 11.2. The van der Waals surface area contributed by atoms with E-state index in [9.17, 15) is 4.79 Å². The SMILES string of the molecule is CCCc1n[nH]c(=S)n1CC(=O)NCCc1ccccc1OC. The van der Waals surface area contributed by atoms with Gasteiger partial charge in [-0.2, -0.15) is 5.10 Å². The van der Waals surface area contributed by atoms with Crippen molar-refractivity contribution in [1.82, 2.24) is 20.1 Å². The lowest BCUT2D eigenvalue weighted by Crippen LogP contribution is -2.30. The highest BCUT2D eigenvalue weighted by Crippen LogP contribution is 2.17. The van der Waals surface area contributed by atoms with Crippen molar-refractivity contribution >= 4 is 18.1 Å². The maximum Gasteiger partial charge on any atom is 0.240 e. The molecule has 1 aromatic carbocycles. The number of methoxy groups -OCH3 is 1. The number of hydrogen-bond donors (Lipinski definition) is 2. The van der Waals surface area contributed by atoms with Crippen LogP contribution in [0.5, 0.6) is 5.75 Å². The Hall–Kier alpha value is -2.15. The van der Waals surface area contributed by atoms with Crippen LogP contribution in [0, 0.1) is 4.77 Å². The Morgan fingerprint density at radius 3 is 2.91 bits per heavy atom. The molecule has 23 heavy (non-hydrogen) atoms. The number of amides is 1. The van der Waals surface area contributed by atoms with Crippen LogP contribution < -0.4 is 10.1 Å². The molecule has 124 valence electrons. The van der Waals surface area contributed by atoms with E-state index in [1.165, 1.54) is 0 Å². The molecule has 0 unspecified atom stereocenters. The van der Waals surface area contributed by atoms with Crippen molar-refractivity contribution in [2.75, 3.05) is 13.7 Å². The Balaban J connectivity index is 1.88. The Labute approximate surface area is 140 Å². The Morgan fingerprint density at radius 2 is 2.17 bits per heavy atom. The third kappa shape index (κ3) is 4.66. The molecule has 0 aliphatic rings. The monoisotopic (exact) mass is 334 g/mol. The van der Waals surface area contributed by atoms with E-state index in [1.54, 1.807) is 11.7 Å². The number of nitrogens with one attached hydrogen (secondary N) is 2. The molecule has 0 spiro atoms. The summed E-state index contributed by atoms with van der Waals surface area (Å²) >= 11 is 5.18. The summed E-state index contributed by atoms with van der Waals surface area (Å²) in [7, 11) is 1.65. The van der Waals surface area contributed by atoms with Gasteiger partial charge in [0.25, 0.3) is 0 Å². The highest BCUT2D eigenvalue weighted by atomic mass is 32.1. The lowest BCUT2D eigenvalue weighted by Gasteiger charge is -2.10. The van der Waals surface area contributed by atoms with E-state index < -0.39 is 0 Å².